The summed E-state index contributed by atoms with van der Waals surface area (Å²) in [6.07, 6.45) is 1.59. The van der Waals surface area contributed by atoms with Crippen LogP contribution < -0.4 is 10.5 Å². The molecule has 7 heteroatoms. The normalized spacial score (nSPS) is 11.4. The molecule has 1 rings (SSSR count). The summed E-state index contributed by atoms with van der Waals surface area (Å²) in [7, 11) is -3.67. The molecule has 4 N–H and O–H groups in total. The fourth-order valence-corrected chi connectivity index (χ4v) is 2.45. The van der Waals surface area contributed by atoms with Crippen molar-refractivity contribution in [3.8, 4) is 0 Å². The molecule has 0 fully saturated rings. The maximum atomic E-state index is 11.8. The highest BCUT2D eigenvalue weighted by atomic mass is 32.2. The van der Waals surface area contributed by atoms with E-state index in [9.17, 15) is 13.2 Å². The highest BCUT2D eigenvalue weighted by molar-refractivity contribution is 7.89. The topological polar surface area (TPSA) is 109 Å². The van der Waals surface area contributed by atoms with Gasteiger partial charge >= 0.3 is 5.97 Å². The Morgan fingerprint density at radius 1 is 1.44 bits per heavy atom. The van der Waals surface area contributed by atoms with Crippen LogP contribution in [-0.4, -0.2) is 26.0 Å². The zero-order valence-corrected chi connectivity index (χ0v) is 10.8. The van der Waals surface area contributed by atoms with E-state index in [1.807, 2.05) is 6.92 Å². The number of rotatable bonds is 6. The molecule has 0 aromatic heterocycles. The molecular weight excluding hydrogens is 256 g/mol. The summed E-state index contributed by atoms with van der Waals surface area (Å²) in [5.74, 6) is -1.25. The molecule has 0 aliphatic rings. The first-order valence-corrected chi connectivity index (χ1v) is 6.99. The first-order chi connectivity index (χ1) is 8.38. The van der Waals surface area contributed by atoms with Crippen molar-refractivity contribution in [2.75, 3.05) is 12.3 Å². The molecule has 0 radical (unpaired) electrons. The van der Waals surface area contributed by atoms with Gasteiger partial charge in [0.2, 0.25) is 10.0 Å². The number of nitrogen functional groups attached to an aromatic ring is 1. The molecule has 0 bridgehead atoms. The second-order valence-electron chi connectivity index (χ2n) is 3.81. The van der Waals surface area contributed by atoms with Crippen molar-refractivity contribution < 1.29 is 18.3 Å². The Bertz CT molecular complexity index is 540. The third-order valence-electron chi connectivity index (χ3n) is 2.39. The van der Waals surface area contributed by atoms with Crippen LogP contribution in [0.25, 0.3) is 0 Å². The number of carboxylic acids is 1. The number of carbonyl (C=O) groups is 1. The van der Waals surface area contributed by atoms with Gasteiger partial charge in [-0.15, -0.1) is 0 Å². The number of benzene rings is 1. The van der Waals surface area contributed by atoms with Gasteiger partial charge in [-0.3, -0.25) is 0 Å². The van der Waals surface area contributed by atoms with Gasteiger partial charge in [0.05, 0.1) is 10.5 Å². The molecule has 0 aliphatic heterocycles. The molecule has 0 amide bonds. The fourth-order valence-electron chi connectivity index (χ4n) is 1.35. The largest absolute Gasteiger partial charge is 0.478 e. The summed E-state index contributed by atoms with van der Waals surface area (Å²) in [6.45, 7) is 2.27. The summed E-state index contributed by atoms with van der Waals surface area (Å²) < 4.78 is 26.1. The van der Waals surface area contributed by atoms with Gasteiger partial charge in [-0.05, 0) is 24.6 Å². The van der Waals surface area contributed by atoms with Crippen molar-refractivity contribution in [1.82, 2.24) is 4.72 Å². The molecule has 18 heavy (non-hydrogen) atoms. The third-order valence-corrected chi connectivity index (χ3v) is 3.85. The maximum Gasteiger partial charge on any atom is 0.337 e. The van der Waals surface area contributed by atoms with E-state index in [1.165, 1.54) is 12.1 Å². The minimum absolute atomic E-state index is 0.0370. The second kappa shape index (κ2) is 5.83. The zero-order chi connectivity index (χ0) is 13.8. The number of nitrogens with two attached hydrogens (primary N) is 1. The first-order valence-electron chi connectivity index (χ1n) is 5.51. The Morgan fingerprint density at radius 2 is 2.11 bits per heavy atom. The number of aromatic carboxylic acids is 1. The van der Waals surface area contributed by atoms with Crippen molar-refractivity contribution >= 4 is 21.7 Å². The van der Waals surface area contributed by atoms with E-state index in [0.717, 1.165) is 18.9 Å². The highest BCUT2D eigenvalue weighted by Crippen LogP contribution is 2.17. The van der Waals surface area contributed by atoms with E-state index in [4.69, 9.17) is 10.8 Å². The molecule has 0 heterocycles. The van der Waals surface area contributed by atoms with Crippen LogP contribution in [0.4, 0.5) is 5.69 Å². The number of unbranched alkanes of at least 4 members (excludes halogenated alkanes) is 1. The van der Waals surface area contributed by atoms with E-state index in [1.54, 1.807) is 0 Å². The van der Waals surface area contributed by atoms with Crippen molar-refractivity contribution in [2.24, 2.45) is 0 Å². The van der Waals surface area contributed by atoms with E-state index in [0.29, 0.717) is 6.54 Å². The van der Waals surface area contributed by atoms with Gasteiger partial charge in [0.15, 0.2) is 0 Å². The quantitative estimate of drug-likeness (QED) is 0.529. The molecular formula is C11H16N2O4S. The van der Waals surface area contributed by atoms with Crippen LogP contribution in [0.15, 0.2) is 23.1 Å². The Morgan fingerprint density at radius 3 is 2.67 bits per heavy atom. The number of hydrogen-bond donors (Lipinski definition) is 3. The number of nitrogens with one attached hydrogen (secondary N) is 1. The van der Waals surface area contributed by atoms with E-state index in [2.05, 4.69) is 4.72 Å². The zero-order valence-electron chi connectivity index (χ0n) is 10.0. The lowest BCUT2D eigenvalue weighted by Gasteiger charge is -2.08. The van der Waals surface area contributed by atoms with Gasteiger partial charge < -0.3 is 10.8 Å². The average Bonchev–Trinajstić information content (AvgIpc) is 2.29. The number of carboxylic acid groups (broad SMARTS) is 1. The van der Waals surface area contributed by atoms with Gasteiger partial charge in [-0.25, -0.2) is 17.9 Å². The van der Waals surface area contributed by atoms with Crippen LogP contribution in [-0.2, 0) is 10.0 Å². The van der Waals surface area contributed by atoms with Crippen LogP contribution in [0.5, 0.6) is 0 Å². The SMILES string of the molecule is CCCCNS(=O)(=O)c1ccc(N)c(C(=O)O)c1. The van der Waals surface area contributed by atoms with Crippen molar-refractivity contribution in [3.63, 3.8) is 0 Å². The van der Waals surface area contributed by atoms with Gasteiger partial charge in [-0.2, -0.15) is 0 Å². The van der Waals surface area contributed by atoms with E-state index in [-0.39, 0.29) is 16.1 Å². The van der Waals surface area contributed by atoms with Crippen molar-refractivity contribution in [1.29, 1.82) is 0 Å². The molecule has 0 saturated carbocycles. The predicted octanol–water partition coefficient (Wildman–Crippen LogP) is 1.05. The number of sulfonamides is 1. The highest BCUT2D eigenvalue weighted by Gasteiger charge is 2.17. The summed E-state index contributed by atoms with van der Waals surface area (Å²) in [5.41, 5.74) is 5.28. The second-order valence-corrected chi connectivity index (χ2v) is 5.57. The summed E-state index contributed by atoms with van der Waals surface area (Å²) in [4.78, 5) is 10.8. The monoisotopic (exact) mass is 272 g/mol. The van der Waals surface area contributed by atoms with Crippen LogP contribution in [0.1, 0.15) is 30.1 Å². The average molecular weight is 272 g/mol. The molecule has 6 nitrogen and oxygen atoms in total. The Hall–Kier alpha value is -1.60. The molecule has 0 unspecified atom stereocenters. The van der Waals surface area contributed by atoms with Crippen LogP contribution in [0, 0.1) is 0 Å². The molecule has 100 valence electrons. The summed E-state index contributed by atoms with van der Waals surface area (Å²) in [5, 5.41) is 8.87. The standard InChI is InChI=1S/C11H16N2O4S/c1-2-3-6-13-18(16,17)8-4-5-10(12)9(7-8)11(14)15/h4-5,7,13H,2-3,6,12H2,1H3,(H,14,15). The van der Waals surface area contributed by atoms with Crippen molar-refractivity contribution in [3.05, 3.63) is 23.8 Å². The van der Waals surface area contributed by atoms with Gasteiger partial charge in [0.1, 0.15) is 0 Å². The van der Waals surface area contributed by atoms with Gasteiger partial charge in [0.25, 0.3) is 0 Å². The fraction of sp³-hybridized carbons (Fsp3) is 0.364. The Kier molecular flexibility index (Phi) is 4.69. The van der Waals surface area contributed by atoms with E-state index >= 15 is 0 Å². The van der Waals surface area contributed by atoms with Gasteiger partial charge in [-0.1, -0.05) is 13.3 Å². The van der Waals surface area contributed by atoms with Crippen molar-refractivity contribution in [2.45, 2.75) is 24.7 Å². The van der Waals surface area contributed by atoms with Crippen LogP contribution in [0.2, 0.25) is 0 Å². The Balaban J connectivity index is 3.02. The lowest BCUT2D eigenvalue weighted by atomic mass is 10.2. The van der Waals surface area contributed by atoms with Crippen LogP contribution >= 0.6 is 0 Å². The lowest BCUT2D eigenvalue weighted by Crippen LogP contribution is -2.25. The Labute approximate surface area is 106 Å². The lowest BCUT2D eigenvalue weighted by molar-refractivity contribution is 0.0698. The maximum absolute atomic E-state index is 11.8. The molecule has 1 aromatic carbocycles. The smallest absolute Gasteiger partial charge is 0.337 e. The number of hydrogen-bond acceptors (Lipinski definition) is 4. The molecule has 0 spiro atoms. The first kappa shape index (κ1) is 14.5. The minimum atomic E-state index is -3.67. The van der Waals surface area contributed by atoms with Crippen LogP contribution in [0.3, 0.4) is 0 Å². The predicted molar refractivity (Wildman–Crippen MR) is 67.9 cm³/mol. The molecule has 0 saturated heterocycles. The molecule has 0 atom stereocenters. The summed E-state index contributed by atoms with van der Waals surface area (Å²) in [6, 6.07) is 3.62. The molecule has 1 aromatic rings. The third kappa shape index (κ3) is 3.44. The molecule has 0 aliphatic carbocycles. The van der Waals surface area contributed by atoms with Gasteiger partial charge in [0, 0.05) is 12.2 Å². The summed E-state index contributed by atoms with van der Waals surface area (Å²) >= 11 is 0. The minimum Gasteiger partial charge on any atom is -0.478 e. The number of anilines is 1. The van der Waals surface area contributed by atoms with E-state index < -0.39 is 16.0 Å².